The molecule has 3 aromatic carbocycles. The van der Waals surface area contributed by atoms with E-state index in [-0.39, 0.29) is 12.0 Å². The van der Waals surface area contributed by atoms with E-state index in [4.69, 9.17) is 26.2 Å². The molecule has 6 nitrogen and oxygen atoms in total. The number of aliphatic carboxylic acids is 1. The quantitative estimate of drug-likeness (QED) is 0.308. The van der Waals surface area contributed by atoms with Crippen molar-refractivity contribution in [2.45, 2.75) is 12.8 Å². The summed E-state index contributed by atoms with van der Waals surface area (Å²) in [4.78, 5) is 26.7. The summed E-state index contributed by atoms with van der Waals surface area (Å²) in [7, 11) is 1.66. The van der Waals surface area contributed by atoms with Crippen molar-refractivity contribution in [2.75, 3.05) is 20.3 Å². The number of hydrogen-bond acceptors (Lipinski definition) is 4. The molecule has 1 aromatic heterocycles. The number of fused-ring (bicyclic) bond motifs is 1. The molecule has 34 heavy (non-hydrogen) atoms. The normalized spacial score (nSPS) is 11.0. The van der Waals surface area contributed by atoms with Gasteiger partial charge >= 0.3 is 5.97 Å². The molecule has 0 bridgehead atoms. The van der Waals surface area contributed by atoms with Crippen LogP contribution in [-0.4, -0.2) is 36.4 Å². The van der Waals surface area contributed by atoms with E-state index in [1.807, 2.05) is 30.3 Å². The molecule has 4 aromatic rings. The molecule has 0 radical (unpaired) electrons. The molecule has 0 aliphatic carbocycles. The third-order valence-electron chi connectivity index (χ3n) is 5.45. The van der Waals surface area contributed by atoms with Gasteiger partial charge in [-0.25, -0.2) is 0 Å². The van der Waals surface area contributed by atoms with Gasteiger partial charge in [0, 0.05) is 36.8 Å². The van der Waals surface area contributed by atoms with E-state index >= 15 is 0 Å². The number of pyridine rings is 1. The van der Waals surface area contributed by atoms with Crippen LogP contribution >= 0.6 is 11.6 Å². The lowest BCUT2D eigenvalue weighted by Gasteiger charge is -2.11. The Labute approximate surface area is 201 Å². The molecule has 0 atom stereocenters. The van der Waals surface area contributed by atoms with Crippen LogP contribution in [0.25, 0.3) is 33.2 Å². The number of aromatic nitrogens is 1. The Hall–Kier alpha value is -3.61. The van der Waals surface area contributed by atoms with Gasteiger partial charge in [-0.05, 0) is 52.4 Å². The third-order valence-corrected chi connectivity index (χ3v) is 5.76. The molecule has 0 aliphatic rings. The molecular formula is C27H24ClNO5. The Balaban J connectivity index is 1.67. The highest BCUT2D eigenvalue weighted by atomic mass is 35.5. The molecule has 0 unspecified atom stereocenters. The largest absolute Gasteiger partial charge is 0.494 e. The van der Waals surface area contributed by atoms with Gasteiger partial charge < -0.3 is 19.6 Å². The summed E-state index contributed by atoms with van der Waals surface area (Å²) in [5.74, 6) is -0.153. The van der Waals surface area contributed by atoms with Crippen molar-refractivity contribution in [1.29, 1.82) is 0 Å². The number of carboxylic acid groups (broad SMARTS) is 1. The number of hydrogen-bond donors (Lipinski definition) is 2. The summed E-state index contributed by atoms with van der Waals surface area (Å²) in [5, 5.41) is 10.4. The van der Waals surface area contributed by atoms with E-state index in [0.717, 1.165) is 28.7 Å². The number of halogens is 1. The fourth-order valence-electron chi connectivity index (χ4n) is 3.81. The van der Waals surface area contributed by atoms with Crippen molar-refractivity contribution in [3.8, 4) is 28.0 Å². The zero-order valence-corrected chi connectivity index (χ0v) is 19.4. The lowest BCUT2D eigenvalue weighted by Crippen LogP contribution is -2.09. The van der Waals surface area contributed by atoms with Crippen molar-refractivity contribution >= 4 is 28.5 Å². The number of carboxylic acids is 1. The molecular weight excluding hydrogens is 454 g/mol. The van der Waals surface area contributed by atoms with Gasteiger partial charge in [0.15, 0.2) is 0 Å². The minimum atomic E-state index is -0.921. The zero-order valence-electron chi connectivity index (χ0n) is 18.6. The first-order valence-corrected chi connectivity index (χ1v) is 11.2. The number of H-pyrrole nitrogens is 1. The number of carbonyl (C=O) groups is 1. The fraction of sp³-hybridized carbons (Fsp3) is 0.185. The monoisotopic (exact) mass is 477 g/mol. The van der Waals surface area contributed by atoms with Crippen LogP contribution in [0.15, 0.2) is 71.5 Å². The van der Waals surface area contributed by atoms with Gasteiger partial charge in [0.2, 0.25) is 0 Å². The van der Waals surface area contributed by atoms with Crippen LogP contribution in [0.5, 0.6) is 5.75 Å². The van der Waals surface area contributed by atoms with Gasteiger partial charge in [-0.2, -0.15) is 0 Å². The highest BCUT2D eigenvalue weighted by Crippen LogP contribution is 2.33. The molecule has 2 N–H and O–H groups in total. The summed E-state index contributed by atoms with van der Waals surface area (Å²) in [5.41, 5.74) is 3.87. The van der Waals surface area contributed by atoms with Crippen LogP contribution in [-0.2, 0) is 16.0 Å². The molecule has 174 valence electrons. The third kappa shape index (κ3) is 5.47. The van der Waals surface area contributed by atoms with E-state index in [0.29, 0.717) is 40.4 Å². The van der Waals surface area contributed by atoms with Gasteiger partial charge in [0.1, 0.15) is 5.75 Å². The van der Waals surface area contributed by atoms with Crippen LogP contribution in [0.1, 0.15) is 12.0 Å². The second-order valence-corrected chi connectivity index (χ2v) is 8.33. The van der Waals surface area contributed by atoms with Crippen LogP contribution in [0, 0.1) is 0 Å². The maximum Gasteiger partial charge on any atom is 0.307 e. The van der Waals surface area contributed by atoms with Crippen molar-refractivity contribution in [3.05, 3.63) is 87.7 Å². The Morgan fingerprint density at radius 1 is 0.971 bits per heavy atom. The first-order valence-electron chi connectivity index (χ1n) is 10.8. The highest BCUT2D eigenvalue weighted by molar-refractivity contribution is 6.34. The molecule has 0 saturated heterocycles. The number of rotatable bonds is 9. The molecule has 0 amide bonds. The van der Waals surface area contributed by atoms with Crippen LogP contribution in [0.3, 0.4) is 0 Å². The maximum atomic E-state index is 12.8. The van der Waals surface area contributed by atoms with Crippen molar-refractivity contribution in [2.24, 2.45) is 0 Å². The number of aromatic amines is 1. The molecule has 0 spiro atoms. The van der Waals surface area contributed by atoms with Gasteiger partial charge in [-0.15, -0.1) is 0 Å². The fourth-order valence-corrected chi connectivity index (χ4v) is 4.08. The number of methoxy groups -OCH3 is 1. The minimum absolute atomic E-state index is 0.106. The maximum absolute atomic E-state index is 12.8. The summed E-state index contributed by atoms with van der Waals surface area (Å²) < 4.78 is 10.8. The van der Waals surface area contributed by atoms with Crippen molar-refractivity contribution in [3.63, 3.8) is 0 Å². The second kappa shape index (κ2) is 10.5. The molecule has 0 fully saturated rings. The van der Waals surface area contributed by atoms with Crippen LogP contribution < -0.4 is 10.3 Å². The predicted molar refractivity (Wildman–Crippen MR) is 134 cm³/mol. The number of benzene rings is 3. The lowest BCUT2D eigenvalue weighted by molar-refractivity contribution is -0.136. The molecule has 4 rings (SSSR count). The standard InChI is InChI=1S/C27H24ClNO5/c1-33-10-3-11-34-21-8-6-18(7-9-21)22-14-20-15-23(27(32)29-25(20)16-24(22)28)19-5-2-4-17(12-19)13-26(30)31/h2,4-9,12,14-16H,3,10-11,13H2,1H3,(H,29,32)(H,30,31). The number of nitrogens with one attached hydrogen (secondary N) is 1. The molecule has 0 aliphatic heterocycles. The summed E-state index contributed by atoms with van der Waals surface area (Å²) >= 11 is 6.55. The van der Waals surface area contributed by atoms with Gasteiger partial charge in [-0.3, -0.25) is 9.59 Å². The van der Waals surface area contributed by atoms with Gasteiger partial charge in [0.25, 0.3) is 5.56 Å². The van der Waals surface area contributed by atoms with Gasteiger partial charge in [0.05, 0.1) is 18.1 Å². The Morgan fingerprint density at radius 3 is 2.47 bits per heavy atom. The summed E-state index contributed by atoms with van der Waals surface area (Å²) in [6.07, 6.45) is 0.708. The summed E-state index contributed by atoms with van der Waals surface area (Å²) in [6, 6.07) is 20.2. The van der Waals surface area contributed by atoms with Crippen LogP contribution in [0.2, 0.25) is 5.02 Å². The molecule has 7 heteroatoms. The van der Waals surface area contributed by atoms with E-state index in [1.54, 1.807) is 43.5 Å². The van der Waals surface area contributed by atoms with Crippen molar-refractivity contribution in [1.82, 2.24) is 4.98 Å². The molecule has 1 heterocycles. The van der Waals surface area contributed by atoms with Gasteiger partial charge in [-0.1, -0.05) is 48.0 Å². The smallest absolute Gasteiger partial charge is 0.307 e. The SMILES string of the molecule is COCCCOc1ccc(-c2cc3cc(-c4cccc(CC(=O)O)c4)c(=O)[nH]c3cc2Cl)cc1. The van der Waals surface area contributed by atoms with E-state index in [9.17, 15) is 9.59 Å². The Morgan fingerprint density at radius 2 is 1.74 bits per heavy atom. The topological polar surface area (TPSA) is 88.6 Å². The van der Waals surface area contributed by atoms with E-state index in [2.05, 4.69) is 4.98 Å². The Bertz CT molecular complexity index is 1380. The van der Waals surface area contributed by atoms with Crippen LogP contribution in [0.4, 0.5) is 0 Å². The average Bonchev–Trinajstić information content (AvgIpc) is 2.81. The van der Waals surface area contributed by atoms with Crippen molar-refractivity contribution < 1.29 is 19.4 Å². The predicted octanol–water partition coefficient (Wildman–Crippen LogP) is 5.56. The molecule has 0 saturated carbocycles. The Kier molecular flexibility index (Phi) is 7.30. The number of ether oxygens (including phenoxy) is 2. The zero-order chi connectivity index (χ0) is 24.1. The highest BCUT2D eigenvalue weighted by Gasteiger charge is 2.12. The first-order chi connectivity index (χ1) is 16.4. The minimum Gasteiger partial charge on any atom is -0.494 e. The first kappa shape index (κ1) is 23.5. The second-order valence-electron chi connectivity index (χ2n) is 7.92. The average molecular weight is 478 g/mol. The lowest BCUT2D eigenvalue weighted by atomic mass is 9.99. The van der Waals surface area contributed by atoms with E-state index in [1.165, 1.54) is 0 Å². The van der Waals surface area contributed by atoms with E-state index < -0.39 is 5.97 Å². The summed E-state index contributed by atoms with van der Waals surface area (Å²) in [6.45, 7) is 1.23.